The molecule has 8 nitrogen and oxygen atoms in total. The summed E-state index contributed by atoms with van der Waals surface area (Å²) < 4.78 is 45.8. The number of aliphatic hydroxyl groups excluding tert-OH is 1. The van der Waals surface area contributed by atoms with E-state index in [9.17, 15) is 23.1 Å². The van der Waals surface area contributed by atoms with E-state index in [1.54, 1.807) is 17.6 Å². The third kappa shape index (κ3) is 3.84. The van der Waals surface area contributed by atoms with Crippen LogP contribution in [0.3, 0.4) is 0 Å². The monoisotopic (exact) mass is 461 g/mol. The van der Waals surface area contributed by atoms with E-state index in [0.717, 1.165) is 30.7 Å². The van der Waals surface area contributed by atoms with Crippen LogP contribution in [0, 0.1) is 6.92 Å². The maximum atomic E-state index is 13.4. The van der Waals surface area contributed by atoms with Crippen molar-refractivity contribution >= 4 is 11.6 Å². The van der Waals surface area contributed by atoms with E-state index in [1.807, 2.05) is 6.20 Å². The van der Waals surface area contributed by atoms with Crippen molar-refractivity contribution in [3.8, 4) is 0 Å². The first kappa shape index (κ1) is 21.8. The van der Waals surface area contributed by atoms with Crippen LogP contribution >= 0.6 is 0 Å². The minimum atomic E-state index is -4.59. The number of hydrogen-bond acceptors (Lipinski definition) is 6. The molecule has 174 valence electrons. The number of hydrogen-bond donors (Lipinski definition) is 2. The van der Waals surface area contributed by atoms with Crippen LogP contribution in [0.2, 0.25) is 0 Å². The lowest BCUT2D eigenvalue weighted by Crippen LogP contribution is -2.58. The first-order valence-electron chi connectivity index (χ1n) is 10.7. The predicted molar refractivity (Wildman–Crippen MR) is 110 cm³/mol. The van der Waals surface area contributed by atoms with Gasteiger partial charge in [0.1, 0.15) is 17.4 Å². The standard InChI is InChI=1S/C22H22F3N5O3/c1-12-18(19-27-8-14(13-2-3-13)10-30(19)29-12)20(32)28-21(6-7-33-11-17(21)31)15-4-5-16(26-9-15)22(23,24)25/h4-5,8-10,13,17,31H,2-3,6-7,11H2,1H3,(H,28,32)/t17-,21+/m1/s1. The number of pyridine rings is 1. The Bertz CT molecular complexity index is 1210. The fourth-order valence-corrected chi connectivity index (χ4v) is 4.33. The second kappa shape index (κ2) is 7.77. The SMILES string of the molecule is Cc1nn2cc(C3CC3)cnc2c1C(=O)N[C@]1(c2ccc(C(F)(F)F)nc2)CCOC[C@H]1O. The predicted octanol–water partition coefficient (Wildman–Crippen LogP) is 2.74. The molecule has 1 amide bonds. The lowest BCUT2D eigenvalue weighted by atomic mass is 9.80. The highest BCUT2D eigenvalue weighted by Crippen LogP contribution is 2.40. The van der Waals surface area contributed by atoms with Crippen molar-refractivity contribution in [3.63, 3.8) is 0 Å². The van der Waals surface area contributed by atoms with Crippen molar-refractivity contribution in [1.29, 1.82) is 0 Å². The maximum absolute atomic E-state index is 13.4. The second-order valence-corrected chi connectivity index (χ2v) is 8.59. The van der Waals surface area contributed by atoms with Crippen LogP contribution in [0.25, 0.3) is 5.65 Å². The Morgan fingerprint density at radius 3 is 2.70 bits per heavy atom. The summed E-state index contributed by atoms with van der Waals surface area (Å²) in [5, 5.41) is 18.1. The van der Waals surface area contributed by atoms with Gasteiger partial charge in [0.15, 0.2) is 5.65 Å². The summed E-state index contributed by atoms with van der Waals surface area (Å²) in [6.07, 6.45) is 1.22. The van der Waals surface area contributed by atoms with Crippen LogP contribution in [0.4, 0.5) is 13.2 Å². The number of nitrogens with zero attached hydrogens (tertiary/aromatic N) is 4. The van der Waals surface area contributed by atoms with Gasteiger partial charge in [0.2, 0.25) is 0 Å². The van der Waals surface area contributed by atoms with Gasteiger partial charge in [-0.3, -0.25) is 9.78 Å². The van der Waals surface area contributed by atoms with Crippen molar-refractivity contribution in [2.75, 3.05) is 13.2 Å². The van der Waals surface area contributed by atoms with Gasteiger partial charge in [0.25, 0.3) is 5.91 Å². The van der Waals surface area contributed by atoms with Crippen LogP contribution in [-0.2, 0) is 16.5 Å². The van der Waals surface area contributed by atoms with Crippen molar-refractivity contribution in [1.82, 2.24) is 24.9 Å². The zero-order chi connectivity index (χ0) is 23.4. The Kier molecular flexibility index (Phi) is 5.13. The highest BCUT2D eigenvalue weighted by atomic mass is 19.4. The van der Waals surface area contributed by atoms with Crippen molar-refractivity contribution < 1.29 is 27.8 Å². The highest BCUT2D eigenvalue weighted by molar-refractivity contribution is 6.01. The molecular weight excluding hydrogens is 439 g/mol. The molecule has 2 atom stereocenters. The number of aryl methyl sites for hydroxylation is 1. The molecule has 5 rings (SSSR count). The molecule has 2 N–H and O–H groups in total. The Labute approximate surface area is 186 Å². The number of carbonyl (C=O) groups excluding carboxylic acids is 1. The Hall–Kier alpha value is -3.05. The average Bonchev–Trinajstić information content (AvgIpc) is 3.56. The Morgan fingerprint density at radius 2 is 2.06 bits per heavy atom. The third-order valence-electron chi connectivity index (χ3n) is 6.33. The van der Waals surface area contributed by atoms with Gasteiger partial charge in [0.05, 0.1) is 17.8 Å². The van der Waals surface area contributed by atoms with Crippen LogP contribution in [-0.4, -0.2) is 49.9 Å². The molecule has 0 unspecified atom stereocenters. The van der Waals surface area contributed by atoms with Crippen molar-refractivity contribution in [2.24, 2.45) is 0 Å². The first-order chi connectivity index (χ1) is 15.7. The third-order valence-corrected chi connectivity index (χ3v) is 6.33. The molecule has 0 radical (unpaired) electrons. The summed E-state index contributed by atoms with van der Waals surface area (Å²) in [4.78, 5) is 21.4. The topological polar surface area (TPSA) is 102 Å². The fourth-order valence-electron chi connectivity index (χ4n) is 4.33. The van der Waals surface area contributed by atoms with Gasteiger partial charge in [-0.05, 0) is 42.9 Å². The van der Waals surface area contributed by atoms with Gasteiger partial charge in [0, 0.05) is 31.6 Å². The normalized spacial score (nSPS) is 23.6. The van der Waals surface area contributed by atoms with Gasteiger partial charge in [-0.2, -0.15) is 18.3 Å². The number of fused-ring (bicyclic) bond motifs is 1. The highest BCUT2D eigenvalue weighted by Gasteiger charge is 2.45. The van der Waals surface area contributed by atoms with Crippen LogP contribution in [0.5, 0.6) is 0 Å². The molecular formula is C22H22F3N5O3. The molecule has 1 saturated carbocycles. The lowest BCUT2D eigenvalue weighted by molar-refractivity contribution is -0.141. The number of alkyl halides is 3. The molecule has 0 bridgehead atoms. The number of halogens is 3. The second-order valence-electron chi connectivity index (χ2n) is 8.59. The van der Waals surface area contributed by atoms with E-state index in [4.69, 9.17) is 4.74 Å². The molecule has 11 heteroatoms. The smallest absolute Gasteiger partial charge is 0.388 e. The van der Waals surface area contributed by atoms with Gasteiger partial charge >= 0.3 is 6.18 Å². The Morgan fingerprint density at radius 1 is 1.27 bits per heavy atom. The van der Waals surface area contributed by atoms with E-state index < -0.39 is 29.4 Å². The van der Waals surface area contributed by atoms with Gasteiger partial charge in [-0.1, -0.05) is 6.07 Å². The molecule has 0 spiro atoms. The summed E-state index contributed by atoms with van der Waals surface area (Å²) in [6.45, 7) is 1.81. The maximum Gasteiger partial charge on any atom is 0.433 e. The molecule has 2 fully saturated rings. The summed E-state index contributed by atoms with van der Waals surface area (Å²) in [7, 11) is 0. The molecule has 3 aromatic rings. The van der Waals surface area contributed by atoms with Crippen LogP contribution in [0.15, 0.2) is 30.7 Å². The van der Waals surface area contributed by atoms with E-state index in [-0.39, 0.29) is 30.8 Å². The van der Waals surface area contributed by atoms with E-state index in [1.165, 1.54) is 6.07 Å². The molecule has 0 aromatic carbocycles. The molecule has 2 aliphatic rings. The van der Waals surface area contributed by atoms with Crippen LogP contribution < -0.4 is 5.32 Å². The molecule has 4 heterocycles. The zero-order valence-corrected chi connectivity index (χ0v) is 17.8. The van der Waals surface area contributed by atoms with E-state index in [2.05, 4.69) is 20.4 Å². The molecule has 3 aromatic heterocycles. The van der Waals surface area contributed by atoms with Crippen LogP contribution in [0.1, 0.15) is 58.1 Å². The van der Waals surface area contributed by atoms with E-state index in [0.29, 0.717) is 17.3 Å². The number of amides is 1. The fraction of sp³-hybridized carbons (Fsp3) is 0.455. The number of rotatable bonds is 4. The molecule has 1 aliphatic carbocycles. The molecule has 1 saturated heterocycles. The molecule has 1 aliphatic heterocycles. The lowest BCUT2D eigenvalue weighted by Gasteiger charge is -2.42. The van der Waals surface area contributed by atoms with E-state index >= 15 is 0 Å². The number of aliphatic hydroxyl groups is 1. The van der Waals surface area contributed by atoms with Crippen molar-refractivity contribution in [3.05, 3.63) is 58.8 Å². The summed E-state index contributed by atoms with van der Waals surface area (Å²) >= 11 is 0. The van der Waals surface area contributed by atoms with Gasteiger partial charge in [-0.15, -0.1) is 0 Å². The Balaban J connectivity index is 1.51. The summed E-state index contributed by atoms with van der Waals surface area (Å²) in [6, 6.07) is 2.07. The zero-order valence-electron chi connectivity index (χ0n) is 17.8. The number of aromatic nitrogens is 4. The van der Waals surface area contributed by atoms with Gasteiger partial charge < -0.3 is 15.2 Å². The quantitative estimate of drug-likeness (QED) is 0.620. The number of ether oxygens (including phenoxy) is 1. The molecule has 33 heavy (non-hydrogen) atoms. The first-order valence-corrected chi connectivity index (χ1v) is 10.7. The number of nitrogens with one attached hydrogen (secondary N) is 1. The number of carbonyl (C=O) groups is 1. The average molecular weight is 461 g/mol. The minimum Gasteiger partial charge on any atom is -0.388 e. The summed E-state index contributed by atoms with van der Waals surface area (Å²) in [5.74, 6) is -0.0634. The minimum absolute atomic E-state index is 0.0853. The van der Waals surface area contributed by atoms with Gasteiger partial charge in [-0.25, -0.2) is 9.50 Å². The van der Waals surface area contributed by atoms with Crippen molar-refractivity contribution in [2.45, 2.75) is 49.9 Å². The largest absolute Gasteiger partial charge is 0.433 e. The summed E-state index contributed by atoms with van der Waals surface area (Å²) in [5.41, 5.74) is -0.0337.